The quantitative estimate of drug-likeness (QED) is 0.448. The average molecular weight is 316 g/mol. The third-order valence-corrected chi connectivity index (χ3v) is 3.73. The zero-order valence-electron chi connectivity index (χ0n) is 15.1. The van der Waals surface area contributed by atoms with Crippen molar-refractivity contribution in [1.29, 1.82) is 0 Å². The number of esters is 1. The summed E-state index contributed by atoms with van der Waals surface area (Å²) >= 11 is 0. The van der Waals surface area contributed by atoms with E-state index in [0.717, 1.165) is 11.1 Å². The van der Waals surface area contributed by atoms with Crippen LogP contribution in [0.5, 0.6) is 0 Å². The molecule has 1 aromatic rings. The first-order chi connectivity index (χ1) is 10.6. The summed E-state index contributed by atoms with van der Waals surface area (Å²) in [6, 6.07) is 8.48. The van der Waals surface area contributed by atoms with E-state index < -0.39 is 11.9 Å². The first-order valence-corrected chi connectivity index (χ1v) is 8.09. The Hall–Kier alpha value is -1.90. The van der Waals surface area contributed by atoms with Crippen molar-refractivity contribution in [3.63, 3.8) is 0 Å². The monoisotopic (exact) mass is 316 g/mol. The lowest BCUT2D eigenvalue weighted by Gasteiger charge is -2.19. The van der Waals surface area contributed by atoms with E-state index >= 15 is 0 Å². The molecule has 1 aromatic carbocycles. The van der Waals surface area contributed by atoms with Crippen LogP contribution in [0, 0.1) is 5.92 Å². The molecule has 0 radical (unpaired) electrons. The number of allylic oxidation sites excluding steroid dienone is 1. The molecule has 0 bridgehead atoms. The van der Waals surface area contributed by atoms with Gasteiger partial charge in [-0.15, -0.1) is 0 Å². The van der Waals surface area contributed by atoms with Gasteiger partial charge in [-0.3, -0.25) is 9.59 Å². The Kier molecular flexibility index (Phi) is 6.74. The zero-order valence-corrected chi connectivity index (χ0v) is 15.1. The topological polar surface area (TPSA) is 43.4 Å². The highest BCUT2D eigenvalue weighted by atomic mass is 16.5. The van der Waals surface area contributed by atoms with E-state index in [9.17, 15) is 9.59 Å². The Balaban J connectivity index is 2.86. The van der Waals surface area contributed by atoms with Crippen LogP contribution in [0.15, 0.2) is 35.9 Å². The standard InChI is InChI=1S/C20H28O3/c1-7-23-19(22)18(15(3)21)13-14(2)12-16-8-10-17(11-9-16)20(4,5)6/h8-11,13,18H,7,12H2,1-6H3/b14-13-. The predicted octanol–water partition coefficient (Wildman–Crippen LogP) is 4.24. The van der Waals surface area contributed by atoms with Crippen molar-refractivity contribution in [3.05, 3.63) is 47.0 Å². The normalized spacial score (nSPS) is 13.6. The van der Waals surface area contributed by atoms with Gasteiger partial charge < -0.3 is 4.74 Å². The van der Waals surface area contributed by atoms with Gasteiger partial charge in [-0.05, 0) is 43.7 Å². The Labute approximate surface area is 139 Å². The number of carbonyl (C=O) groups is 2. The number of Topliss-reactive ketones (excluding diaryl/α,β-unsaturated/α-hetero) is 1. The number of hydrogen-bond acceptors (Lipinski definition) is 3. The predicted molar refractivity (Wildman–Crippen MR) is 93.4 cm³/mol. The summed E-state index contributed by atoms with van der Waals surface area (Å²) in [4.78, 5) is 23.5. The molecule has 0 amide bonds. The van der Waals surface area contributed by atoms with E-state index in [0.29, 0.717) is 6.42 Å². The fourth-order valence-electron chi connectivity index (χ4n) is 2.37. The van der Waals surface area contributed by atoms with Crippen LogP contribution >= 0.6 is 0 Å². The third kappa shape index (κ3) is 6.01. The highest BCUT2D eigenvalue weighted by molar-refractivity contribution is 5.99. The summed E-state index contributed by atoms with van der Waals surface area (Å²) in [6.45, 7) is 11.9. The maximum Gasteiger partial charge on any atom is 0.320 e. The molecule has 1 atom stereocenters. The van der Waals surface area contributed by atoms with Gasteiger partial charge >= 0.3 is 5.97 Å². The molecular formula is C20H28O3. The van der Waals surface area contributed by atoms with Crippen molar-refractivity contribution < 1.29 is 14.3 Å². The van der Waals surface area contributed by atoms with E-state index in [2.05, 4.69) is 45.0 Å². The van der Waals surface area contributed by atoms with E-state index in [4.69, 9.17) is 4.74 Å². The molecule has 1 unspecified atom stereocenters. The van der Waals surface area contributed by atoms with E-state index in [-0.39, 0.29) is 17.8 Å². The van der Waals surface area contributed by atoms with Crippen LogP contribution in [0.25, 0.3) is 0 Å². The van der Waals surface area contributed by atoms with Crippen molar-refractivity contribution >= 4 is 11.8 Å². The lowest BCUT2D eigenvalue weighted by Crippen LogP contribution is -2.22. The first-order valence-electron chi connectivity index (χ1n) is 8.09. The third-order valence-electron chi connectivity index (χ3n) is 3.73. The summed E-state index contributed by atoms with van der Waals surface area (Å²) in [6.07, 6.45) is 2.44. The van der Waals surface area contributed by atoms with Gasteiger partial charge in [0.15, 0.2) is 0 Å². The van der Waals surface area contributed by atoms with Crippen LogP contribution in [0.3, 0.4) is 0 Å². The second kappa shape index (κ2) is 8.09. The number of ketones is 1. The average Bonchev–Trinajstić information content (AvgIpc) is 2.44. The highest BCUT2D eigenvalue weighted by Gasteiger charge is 2.22. The minimum absolute atomic E-state index is 0.132. The van der Waals surface area contributed by atoms with Crippen molar-refractivity contribution in [2.45, 2.75) is 53.4 Å². The Morgan fingerprint density at radius 3 is 2.13 bits per heavy atom. The maximum atomic E-state index is 11.8. The van der Waals surface area contributed by atoms with Gasteiger partial charge in [0.2, 0.25) is 0 Å². The molecule has 3 heteroatoms. The second-order valence-electron chi connectivity index (χ2n) is 6.98. The molecule has 0 saturated heterocycles. The molecule has 23 heavy (non-hydrogen) atoms. The van der Waals surface area contributed by atoms with Crippen molar-refractivity contribution in [1.82, 2.24) is 0 Å². The van der Waals surface area contributed by atoms with Gasteiger partial charge in [0.25, 0.3) is 0 Å². The Morgan fingerprint density at radius 2 is 1.70 bits per heavy atom. The van der Waals surface area contributed by atoms with Gasteiger partial charge in [-0.25, -0.2) is 0 Å². The number of benzene rings is 1. The van der Waals surface area contributed by atoms with Crippen molar-refractivity contribution in [2.24, 2.45) is 5.92 Å². The summed E-state index contributed by atoms with van der Waals surface area (Å²) in [5.41, 5.74) is 3.57. The van der Waals surface area contributed by atoms with Crippen molar-refractivity contribution in [2.75, 3.05) is 6.61 Å². The molecule has 126 valence electrons. The molecule has 0 aliphatic heterocycles. The summed E-state index contributed by atoms with van der Waals surface area (Å²) < 4.78 is 4.97. The van der Waals surface area contributed by atoms with Crippen LogP contribution in [0.1, 0.15) is 52.7 Å². The molecule has 0 fully saturated rings. The number of hydrogen-bond donors (Lipinski definition) is 0. The van der Waals surface area contributed by atoms with Crippen LogP contribution in [-0.4, -0.2) is 18.4 Å². The fraction of sp³-hybridized carbons (Fsp3) is 0.500. The minimum atomic E-state index is -0.802. The smallest absolute Gasteiger partial charge is 0.320 e. The first kappa shape index (κ1) is 19.1. The minimum Gasteiger partial charge on any atom is -0.465 e. The van der Waals surface area contributed by atoms with Crippen LogP contribution in [0.2, 0.25) is 0 Å². The van der Waals surface area contributed by atoms with Gasteiger partial charge in [-0.2, -0.15) is 0 Å². The zero-order chi connectivity index (χ0) is 17.6. The SMILES string of the molecule is CCOC(=O)C(/C=C(/C)Cc1ccc(C(C)(C)C)cc1)C(C)=O. The molecule has 0 saturated carbocycles. The second-order valence-corrected chi connectivity index (χ2v) is 6.98. The van der Waals surface area contributed by atoms with Gasteiger partial charge in [0.1, 0.15) is 11.7 Å². The van der Waals surface area contributed by atoms with Crippen molar-refractivity contribution in [3.8, 4) is 0 Å². The Morgan fingerprint density at radius 1 is 1.13 bits per heavy atom. The number of carbonyl (C=O) groups excluding carboxylic acids is 2. The largest absolute Gasteiger partial charge is 0.465 e. The van der Waals surface area contributed by atoms with Gasteiger partial charge in [0, 0.05) is 0 Å². The summed E-state index contributed by atoms with van der Waals surface area (Å²) in [7, 11) is 0. The van der Waals surface area contributed by atoms with Gasteiger partial charge in [-0.1, -0.05) is 56.7 Å². The molecule has 3 nitrogen and oxygen atoms in total. The lowest BCUT2D eigenvalue weighted by molar-refractivity contribution is -0.149. The van der Waals surface area contributed by atoms with E-state index in [1.807, 2.05) is 6.92 Å². The van der Waals surface area contributed by atoms with E-state index in [1.165, 1.54) is 12.5 Å². The molecular weight excluding hydrogens is 288 g/mol. The Bertz CT molecular complexity index is 574. The summed E-state index contributed by atoms with van der Waals surface area (Å²) in [5, 5.41) is 0. The molecule has 0 aliphatic rings. The molecule has 1 rings (SSSR count). The number of ether oxygens (including phenoxy) is 1. The van der Waals surface area contributed by atoms with Crippen LogP contribution in [-0.2, 0) is 26.2 Å². The lowest BCUT2D eigenvalue weighted by atomic mass is 9.86. The number of rotatable bonds is 6. The molecule has 0 N–H and O–H groups in total. The fourth-order valence-corrected chi connectivity index (χ4v) is 2.37. The maximum absolute atomic E-state index is 11.8. The molecule has 0 aliphatic carbocycles. The molecule has 0 aromatic heterocycles. The van der Waals surface area contributed by atoms with Crippen LogP contribution < -0.4 is 0 Å². The van der Waals surface area contributed by atoms with Crippen LogP contribution in [0.4, 0.5) is 0 Å². The van der Waals surface area contributed by atoms with E-state index in [1.54, 1.807) is 13.0 Å². The summed E-state index contributed by atoms with van der Waals surface area (Å²) in [5.74, 6) is -1.46. The highest BCUT2D eigenvalue weighted by Crippen LogP contribution is 2.23. The molecule has 0 heterocycles. The molecule has 0 spiro atoms. The van der Waals surface area contributed by atoms with Gasteiger partial charge in [0.05, 0.1) is 6.61 Å².